The molecule has 3 unspecified atom stereocenters. The number of carbonyl (C=O) groups is 1. The summed E-state index contributed by atoms with van der Waals surface area (Å²) in [5.74, 6) is -0.408. The fourth-order valence-electron chi connectivity index (χ4n) is 2.38. The second-order valence-electron chi connectivity index (χ2n) is 4.47. The van der Waals surface area contributed by atoms with Gasteiger partial charge < -0.3 is 5.11 Å². The molecule has 0 aliphatic heterocycles. The smallest absolute Gasteiger partial charge is 0.136 e. The van der Waals surface area contributed by atoms with E-state index in [-0.39, 0.29) is 17.6 Å². The number of ketones is 1. The first-order valence-corrected chi connectivity index (χ1v) is 6.20. The summed E-state index contributed by atoms with van der Waals surface area (Å²) >= 11 is 9.30. The average molecular weight is 304 g/mol. The molecule has 1 aliphatic rings. The van der Waals surface area contributed by atoms with Gasteiger partial charge in [-0.3, -0.25) is 4.79 Å². The maximum atomic E-state index is 11.4. The van der Waals surface area contributed by atoms with Gasteiger partial charge in [-0.2, -0.15) is 0 Å². The number of carbonyl (C=O) groups excluding carboxylic acids is 1. The second-order valence-corrected chi connectivity index (χ2v) is 5.73. The Kier molecular flexibility index (Phi) is 2.89. The second kappa shape index (κ2) is 3.83. The molecule has 1 aromatic carbocycles. The van der Waals surface area contributed by atoms with Crippen LogP contribution in [-0.2, 0) is 4.79 Å². The molecule has 0 spiro atoms. The van der Waals surface area contributed by atoms with Crippen molar-refractivity contribution in [3.8, 4) is 0 Å². The zero-order valence-electron chi connectivity index (χ0n) is 9.00. The number of Topliss-reactive ketones (excluding diaryl/α,β-unsaturated/α-hetero) is 1. The average Bonchev–Trinajstić information content (AvgIpc) is 2.74. The van der Waals surface area contributed by atoms with Gasteiger partial charge in [0.05, 0.1) is 16.5 Å². The van der Waals surface area contributed by atoms with E-state index < -0.39 is 5.60 Å². The van der Waals surface area contributed by atoms with Crippen molar-refractivity contribution in [2.75, 3.05) is 0 Å². The third-order valence-electron chi connectivity index (χ3n) is 3.22. The Morgan fingerprint density at radius 2 is 2.19 bits per heavy atom. The molecule has 3 atom stereocenters. The van der Waals surface area contributed by atoms with Crippen LogP contribution in [0.15, 0.2) is 22.7 Å². The normalized spacial score (nSPS) is 32.6. The summed E-state index contributed by atoms with van der Waals surface area (Å²) in [6, 6.07) is 5.52. The maximum Gasteiger partial charge on any atom is 0.136 e. The fourth-order valence-corrected chi connectivity index (χ4v) is 2.82. The minimum absolute atomic E-state index is 0.0223. The van der Waals surface area contributed by atoms with Gasteiger partial charge in [-0.15, -0.1) is 0 Å². The summed E-state index contributed by atoms with van der Waals surface area (Å²) in [6.45, 7) is 3.21. The largest absolute Gasteiger partial charge is 0.389 e. The molecule has 2 rings (SSSR count). The fraction of sp³-hybridized carbons (Fsp3) is 0.417. The molecule has 16 heavy (non-hydrogen) atoms. The highest BCUT2D eigenvalue weighted by Crippen LogP contribution is 2.58. The molecule has 0 aromatic heterocycles. The van der Waals surface area contributed by atoms with Crippen molar-refractivity contribution in [3.63, 3.8) is 0 Å². The van der Waals surface area contributed by atoms with Crippen LogP contribution in [0.25, 0.3) is 0 Å². The Hall–Kier alpha value is -0.380. The third kappa shape index (κ3) is 1.81. The summed E-state index contributed by atoms with van der Waals surface area (Å²) < 4.78 is 0.817. The summed E-state index contributed by atoms with van der Waals surface area (Å²) in [6.07, 6.45) is 0. The Morgan fingerprint density at radius 1 is 1.56 bits per heavy atom. The van der Waals surface area contributed by atoms with Crippen molar-refractivity contribution in [1.82, 2.24) is 0 Å². The van der Waals surface area contributed by atoms with Gasteiger partial charge in [0, 0.05) is 10.4 Å². The molecule has 2 nitrogen and oxygen atoms in total. The molecule has 1 aliphatic carbocycles. The van der Waals surface area contributed by atoms with Gasteiger partial charge in [-0.25, -0.2) is 0 Å². The van der Waals surface area contributed by atoms with Gasteiger partial charge >= 0.3 is 0 Å². The zero-order chi connectivity index (χ0) is 12.1. The number of aliphatic hydroxyl groups is 1. The maximum absolute atomic E-state index is 11.4. The van der Waals surface area contributed by atoms with Gasteiger partial charge in [0.2, 0.25) is 0 Å². The SMILES string of the molecule is CC(=O)C1C(c2ccc(Br)c(Cl)c2)C1(C)O. The Bertz CT molecular complexity index is 456. The van der Waals surface area contributed by atoms with Crippen LogP contribution < -0.4 is 0 Å². The summed E-state index contributed by atoms with van der Waals surface area (Å²) in [5, 5.41) is 10.7. The van der Waals surface area contributed by atoms with Crippen LogP contribution in [0.4, 0.5) is 0 Å². The Balaban J connectivity index is 2.33. The number of hydrogen-bond donors (Lipinski definition) is 1. The molecule has 0 bridgehead atoms. The van der Waals surface area contributed by atoms with E-state index in [2.05, 4.69) is 15.9 Å². The molecule has 86 valence electrons. The molecule has 1 fully saturated rings. The summed E-state index contributed by atoms with van der Waals surface area (Å²) in [4.78, 5) is 11.4. The lowest BCUT2D eigenvalue weighted by molar-refractivity contribution is -0.119. The van der Waals surface area contributed by atoms with Crippen LogP contribution in [0.1, 0.15) is 25.3 Å². The molecular formula is C12H12BrClO2. The van der Waals surface area contributed by atoms with E-state index >= 15 is 0 Å². The lowest BCUT2D eigenvalue weighted by atomic mass is 10.1. The number of rotatable bonds is 2. The van der Waals surface area contributed by atoms with Crippen molar-refractivity contribution in [2.24, 2.45) is 5.92 Å². The minimum atomic E-state index is -0.928. The van der Waals surface area contributed by atoms with Crippen LogP contribution in [-0.4, -0.2) is 16.5 Å². The van der Waals surface area contributed by atoms with Gasteiger partial charge in [-0.1, -0.05) is 17.7 Å². The van der Waals surface area contributed by atoms with Crippen LogP contribution in [0, 0.1) is 5.92 Å². The lowest BCUT2D eigenvalue weighted by Crippen LogP contribution is -2.09. The van der Waals surface area contributed by atoms with Gasteiger partial charge in [0.15, 0.2) is 0 Å². The topological polar surface area (TPSA) is 37.3 Å². The first-order valence-electron chi connectivity index (χ1n) is 5.03. The van der Waals surface area contributed by atoms with Crippen molar-refractivity contribution >= 4 is 33.3 Å². The molecule has 1 N–H and O–H groups in total. The van der Waals surface area contributed by atoms with E-state index in [0.717, 1.165) is 10.0 Å². The van der Waals surface area contributed by atoms with Crippen LogP contribution in [0.5, 0.6) is 0 Å². The van der Waals surface area contributed by atoms with E-state index in [0.29, 0.717) is 5.02 Å². The molecule has 0 radical (unpaired) electrons. The summed E-state index contributed by atoms with van der Waals surface area (Å²) in [5.41, 5.74) is -0.0124. The van der Waals surface area contributed by atoms with Gasteiger partial charge in [0.1, 0.15) is 5.78 Å². The minimum Gasteiger partial charge on any atom is -0.389 e. The number of halogens is 2. The predicted octanol–water partition coefficient (Wildman–Crippen LogP) is 3.16. The van der Waals surface area contributed by atoms with Crippen LogP contribution >= 0.6 is 27.5 Å². The first kappa shape index (κ1) is 12.1. The van der Waals surface area contributed by atoms with Crippen LogP contribution in [0.3, 0.4) is 0 Å². The Labute approximate surface area is 108 Å². The molecule has 0 heterocycles. The zero-order valence-corrected chi connectivity index (χ0v) is 11.3. The molecule has 0 saturated heterocycles. The van der Waals surface area contributed by atoms with Crippen LogP contribution in [0.2, 0.25) is 5.02 Å². The Morgan fingerprint density at radius 3 is 2.62 bits per heavy atom. The van der Waals surface area contributed by atoms with Crippen molar-refractivity contribution in [2.45, 2.75) is 25.4 Å². The highest BCUT2D eigenvalue weighted by atomic mass is 79.9. The highest BCUT2D eigenvalue weighted by molar-refractivity contribution is 9.10. The van der Waals surface area contributed by atoms with Crippen molar-refractivity contribution in [1.29, 1.82) is 0 Å². The third-order valence-corrected chi connectivity index (χ3v) is 4.46. The van der Waals surface area contributed by atoms with E-state index in [9.17, 15) is 9.90 Å². The van der Waals surface area contributed by atoms with Crippen molar-refractivity contribution in [3.05, 3.63) is 33.3 Å². The molecule has 0 amide bonds. The standard InChI is InChI=1S/C12H12BrClO2/c1-6(15)10-11(12(10,2)16)7-3-4-8(13)9(14)5-7/h3-5,10-11,16H,1-2H3. The quantitative estimate of drug-likeness (QED) is 0.911. The van der Waals surface area contributed by atoms with E-state index in [1.165, 1.54) is 6.92 Å². The molecule has 1 saturated carbocycles. The van der Waals surface area contributed by atoms with E-state index in [1.54, 1.807) is 13.0 Å². The van der Waals surface area contributed by atoms with Gasteiger partial charge in [-0.05, 0) is 47.5 Å². The first-order chi connectivity index (χ1) is 7.35. The summed E-state index contributed by atoms with van der Waals surface area (Å²) in [7, 11) is 0. The highest BCUT2D eigenvalue weighted by Gasteiger charge is 2.63. The van der Waals surface area contributed by atoms with E-state index in [4.69, 9.17) is 11.6 Å². The monoisotopic (exact) mass is 302 g/mol. The predicted molar refractivity (Wildman–Crippen MR) is 66.7 cm³/mol. The lowest BCUT2D eigenvalue weighted by Gasteiger charge is -2.04. The van der Waals surface area contributed by atoms with E-state index in [1.807, 2.05) is 12.1 Å². The van der Waals surface area contributed by atoms with Crippen molar-refractivity contribution < 1.29 is 9.90 Å². The number of hydrogen-bond acceptors (Lipinski definition) is 2. The number of benzene rings is 1. The molecule has 1 aromatic rings. The molecule has 4 heteroatoms. The van der Waals surface area contributed by atoms with Gasteiger partial charge in [0.25, 0.3) is 0 Å². The molecular weight excluding hydrogens is 291 g/mol.